The Hall–Kier alpha value is -1.52. The van der Waals surface area contributed by atoms with Crippen LogP contribution in [0.2, 0.25) is 0 Å². The van der Waals surface area contributed by atoms with Crippen LogP contribution >= 0.6 is 0 Å². The van der Waals surface area contributed by atoms with Gasteiger partial charge < -0.3 is 19.3 Å². The van der Waals surface area contributed by atoms with E-state index in [0.29, 0.717) is 0 Å². The minimum absolute atomic E-state index is 0.0926. The van der Waals surface area contributed by atoms with Gasteiger partial charge in [0.05, 0.1) is 13.4 Å². The van der Waals surface area contributed by atoms with Crippen molar-refractivity contribution in [2.45, 2.75) is 27.7 Å². The van der Waals surface area contributed by atoms with Gasteiger partial charge in [0.1, 0.15) is 5.78 Å². The highest BCUT2D eigenvalue weighted by atomic mass is 32.2. The van der Waals surface area contributed by atoms with Gasteiger partial charge in [-0.2, -0.15) is 0 Å². The molecule has 0 aliphatic carbocycles. The standard InChI is InChI=1S/C4H9NO.C3H9NO2S.C3H9N.C3H6O2.C3H6O/c1-4(6)5(2)3;1-4(2)7(3,5)6;1-4(2)3;1-3(4)5-2;1-3(2)4/h1-3H3;1-3H3;1-3H3;1-2H3;1-2H3. The van der Waals surface area contributed by atoms with Gasteiger partial charge >= 0.3 is 5.97 Å². The first-order chi connectivity index (χ1) is 11.3. The zero-order valence-electron chi connectivity index (χ0n) is 18.7. The molecule has 0 unspecified atom stereocenters. The second kappa shape index (κ2) is 21.5. The lowest BCUT2D eigenvalue weighted by Gasteiger charge is -2.02. The summed E-state index contributed by atoms with van der Waals surface area (Å²) < 4.78 is 25.8. The SMILES string of the molecule is CC(=O)N(C)C.CC(C)=O.CN(C)C.CN(C)S(C)(=O)=O.COC(C)=O. The smallest absolute Gasteiger partial charge is 0.302 e. The molecule has 0 fully saturated rings. The monoisotopic (exact) mass is 401 g/mol. The van der Waals surface area contributed by atoms with Crippen LogP contribution in [0.25, 0.3) is 0 Å². The third-order valence-electron chi connectivity index (χ3n) is 1.58. The van der Waals surface area contributed by atoms with Crippen molar-refractivity contribution in [1.82, 2.24) is 14.1 Å². The van der Waals surface area contributed by atoms with Crippen molar-refractivity contribution in [2.75, 3.05) is 62.7 Å². The fraction of sp³-hybridized carbons (Fsp3) is 0.812. The molecule has 26 heavy (non-hydrogen) atoms. The average Bonchev–Trinajstić information content (AvgIpc) is 2.37. The van der Waals surface area contributed by atoms with Crippen LogP contribution in [0.4, 0.5) is 0 Å². The number of nitrogens with zero attached hydrogens (tertiary/aromatic N) is 3. The number of rotatable bonds is 1. The predicted octanol–water partition coefficient (Wildman–Crippen LogP) is 0.555. The highest BCUT2D eigenvalue weighted by Crippen LogP contribution is 1.83. The Balaban J connectivity index is -0.0000000720. The summed E-state index contributed by atoms with van der Waals surface area (Å²) in [6.07, 6.45) is 1.16. The third-order valence-corrected chi connectivity index (χ3v) is 2.91. The maximum atomic E-state index is 10.3. The number of sulfonamides is 1. The molecule has 160 valence electrons. The minimum Gasteiger partial charge on any atom is -0.469 e. The van der Waals surface area contributed by atoms with Crippen molar-refractivity contribution in [3.8, 4) is 0 Å². The molecule has 0 saturated carbocycles. The fourth-order valence-electron chi connectivity index (χ4n) is 0. The zero-order valence-corrected chi connectivity index (χ0v) is 19.5. The van der Waals surface area contributed by atoms with Crippen LogP contribution in [0.5, 0.6) is 0 Å². The molecule has 0 aliphatic rings. The Labute approximate surface area is 160 Å². The van der Waals surface area contributed by atoms with Crippen LogP contribution in [-0.2, 0) is 29.1 Å². The van der Waals surface area contributed by atoms with Gasteiger partial charge in [0.2, 0.25) is 15.9 Å². The summed E-state index contributed by atoms with van der Waals surface area (Å²) in [4.78, 5) is 32.6. The molecule has 0 aromatic carbocycles. The summed E-state index contributed by atoms with van der Waals surface area (Å²) in [5.41, 5.74) is 0. The Morgan fingerprint density at radius 1 is 0.769 bits per heavy atom. The lowest BCUT2D eigenvalue weighted by atomic mass is 10.6. The summed E-state index contributed by atoms with van der Waals surface area (Å²) >= 11 is 0. The van der Waals surface area contributed by atoms with Gasteiger partial charge in [0.15, 0.2) is 0 Å². The molecule has 9 nitrogen and oxygen atoms in total. The first-order valence-electron chi connectivity index (χ1n) is 7.50. The maximum absolute atomic E-state index is 10.3. The molecule has 10 heteroatoms. The number of ether oxygens (including phenoxy) is 1. The van der Waals surface area contributed by atoms with Crippen molar-refractivity contribution >= 4 is 27.7 Å². The Bertz CT molecular complexity index is 454. The number of carbonyl (C=O) groups is 3. The predicted molar refractivity (Wildman–Crippen MR) is 107 cm³/mol. The number of Topliss-reactive ketones (excluding diaryl/α,β-unsaturated/α-hetero) is 1. The van der Waals surface area contributed by atoms with Gasteiger partial charge in [-0.15, -0.1) is 0 Å². The van der Waals surface area contributed by atoms with Crippen LogP contribution in [0.15, 0.2) is 0 Å². The number of ketones is 1. The van der Waals surface area contributed by atoms with E-state index in [2.05, 4.69) is 4.74 Å². The molecule has 0 bridgehead atoms. The van der Waals surface area contributed by atoms with Gasteiger partial charge in [0.25, 0.3) is 0 Å². The first kappa shape index (κ1) is 35.6. The minimum atomic E-state index is -2.91. The molecule has 0 aliphatic heterocycles. The van der Waals surface area contributed by atoms with E-state index in [1.807, 2.05) is 26.0 Å². The highest BCUT2D eigenvalue weighted by molar-refractivity contribution is 7.88. The molecule has 0 radical (unpaired) electrons. The maximum Gasteiger partial charge on any atom is 0.302 e. The van der Waals surface area contributed by atoms with Crippen LogP contribution in [-0.4, -0.2) is 103 Å². The summed E-state index contributed by atoms with van der Waals surface area (Å²) in [5.74, 6) is 0.0139. The topological polar surface area (TPSA) is 104 Å². The van der Waals surface area contributed by atoms with E-state index in [0.717, 1.165) is 10.6 Å². The van der Waals surface area contributed by atoms with Gasteiger partial charge in [-0.3, -0.25) is 9.59 Å². The lowest BCUT2D eigenvalue weighted by Crippen LogP contribution is -2.19. The van der Waals surface area contributed by atoms with Gasteiger partial charge in [-0.05, 0) is 35.0 Å². The van der Waals surface area contributed by atoms with Crippen LogP contribution in [0, 0.1) is 0 Å². The van der Waals surface area contributed by atoms with E-state index in [-0.39, 0.29) is 17.7 Å². The van der Waals surface area contributed by atoms with Crippen molar-refractivity contribution in [1.29, 1.82) is 0 Å². The number of methoxy groups -OCH3 is 1. The summed E-state index contributed by atoms with van der Waals surface area (Å²) in [6, 6.07) is 0. The Morgan fingerprint density at radius 2 is 0.885 bits per heavy atom. The average molecular weight is 402 g/mol. The molecule has 0 rings (SSSR count). The summed E-state index contributed by atoms with van der Waals surface area (Å²) in [5, 5.41) is 0. The van der Waals surface area contributed by atoms with Crippen LogP contribution in [0.1, 0.15) is 27.7 Å². The second-order valence-corrected chi connectivity index (χ2v) is 8.10. The highest BCUT2D eigenvalue weighted by Gasteiger charge is 2.00. The quantitative estimate of drug-likeness (QED) is 0.591. The molecule has 0 aromatic heterocycles. The molecule has 0 saturated heterocycles. The Kier molecular flexibility index (Phi) is 29.4. The van der Waals surface area contributed by atoms with Crippen LogP contribution in [0.3, 0.4) is 0 Å². The second-order valence-electron chi connectivity index (χ2n) is 5.90. The normalized spacial score (nSPS) is 8.88. The molecule has 0 aromatic rings. The number of hydrogen-bond donors (Lipinski definition) is 0. The van der Waals surface area contributed by atoms with E-state index in [1.165, 1.54) is 53.8 Å². The van der Waals surface area contributed by atoms with E-state index in [9.17, 15) is 22.8 Å². The van der Waals surface area contributed by atoms with Gasteiger partial charge in [-0.25, -0.2) is 12.7 Å². The van der Waals surface area contributed by atoms with Crippen molar-refractivity contribution in [3.05, 3.63) is 0 Å². The summed E-state index contributed by atoms with van der Waals surface area (Å²) in [7, 11) is 10.9. The Morgan fingerprint density at radius 3 is 0.885 bits per heavy atom. The van der Waals surface area contributed by atoms with Crippen molar-refractivity contribution in [3.63, 3.8) is 0 Å². The van der Waals surface area contributed by atoms with Gasteiger partial charge in [0, 0.05) is 42.0 Å². The zero-order chi connectivity index (χ0) is 22.7. The lowest BCUT2D eigenvalue weighted by molar-refractivity contribution is -0.138. The van der Waals surface area contributed by atoms with E-state index in [4.69, 9.17) is 0 Å². The summed E-state index contributed by atoms with van der Waals surface area (Å²) in [6.45, 7) is 5.94. The first-order valence-corrected chi connectivity index (χ1v) is 9.35. The number of carbonyl (C=O) groups excluding carboxylic acids is 3. The van der Waals surface area contributed by atoms with E-state index >= 15 is 0 Å². The molecular formula is C16H39N3O6S. The molecule has 0 heterocycles. The van der Waals surface area contributed by atoms with Crippen molar-refractivity contribution in [2.24, 2.45) is 0 Å². The van der Waals surface area contributed by atoms with Gasteiger partial charge in [-0.1, -0.05) is 0 Å². The molecule has 1 amide bonds. The van der Waals surface area contributed by atoms with Crippen LogP contribution < -0.4 is 0 Å². The molecule has 0 atom stereocenters. The van der Waals surface area contributed by atoms with Crippen molar-refractivity contribution < 1.29 is 27.5 Å². The molecular weight excluding hydrogens is 362 g/mol. The third kappa shape index (κ3) is 94.4. The number of hydrogen-bond acceptors (Lipinski definition) is 7. The number of amides is 1. The van der Waals surface area contributed by atoms with E-state index < -0.39 is 10.0 Å². The largest absolute Gasteiger partial charge is 0.469 e. The fourth-order valence-corrected chi connectivity index (χ4v) is 0. The number of esters is 1. The van der Waals surface area contributed by atoms with E-state index in [1.54, 1.807) is 14.1 Å². The molecule has 0 N–H and O–H groups in total. The molecule has 0 spiro atoms.